The molecule has 1 amide bonds. The highest BCUT2D eigenvalue weighted by Gasteiger charge is 2.54. The van der Waals surface area contributed by atoms with E-state index >= 15 is 0 Å². The number of aromatic nitrogens is 1. The minimum absolute atomic E-state index is 0.0119. The summed E-state index contributed by atoms with van der Waals surface area (Å²) in [6.45, 7) is -1.19. The molecule has 0 fully saturated rings. The molecule has 3 rings (SSSR count). The molecule has 0 unspecified atom stereocenters. The van der Waals surface area contributed by atoms with Crippen LogP contribution in [0.1, 0.15) is 28.5 Å². The van der Waals surface area contributed by atoms with Crippen molar-refractivity contribution >= 4 is 17.4 Å². The van der Waals surface area contributed by atoms with Gasteiger partial charge in [-0.05, 0) is 31.2 Å². The summed E-state index contributed by atoms with van der Waals surface area (Å²) in [5.41, 5.74) is 2.68. The van der Waals surface area contributed by atoms with Crippen molar-refractivity contribution in [3.8, 4) is 0 Å². The molecule has 29 heavy (non-hydrogen) atoms. The Morgan fingerprint density at radius 3 is 2.83 bits per heavy atom. The highest BCUT2D eigenvalue weighted by atomic mass is 19.3. The predicted octanol–water partition coefficient (Wildman–Crippen LogP) is 3.18. The van der Waals surface area contributed by atoms with Crippen molar-refractivity contribution in [2.24, 2.45) is 10.7 Å². The largest absolute Gasteiger partial charge is 0.385 e. The van der Waals surface area contributed by atoms with E-state index in [-0.39, 0.29) is 29.4 Å². The zero-order valence-electron chi connectivity index (χ0n) is 15.4. The number of hydrogen-bond acceptors (Lipinski definition) is 5. The van der Waals surface area contributed by atoms with Crippen LogP contribution in [0, 0.1) is 5.82 Å². The first-order valence-corrected chi connectivity index (χ1v) is 8.59. The molecule has 0 spiro atoms. The van der Waals surface area contributed by atoms with Crippen molar-refractivity contribution in [2.45, 2.75) is 25.1 Å². The Balaban J connectivity index is 2.00. The van der Waals surface area contributed by atoms with E-state index < -0.39 is 42.0 Å². The Hall–Kier alpha value is -3.01. The van der Waals surface area contributed by atoms with E-state index in [0.717, 1.165) is 19.1 Å². The Morgan fingerprint density at radius 1 is 1.34 bits per heavy atom. The Morgan fingerprint density at radius 2 is 2.10 bits per heavy atom. The van der Waals surface area contributed by atoms with Crippen molar-refractivity contribution in [1.29, 1.82) is 0 Å². The van der Waals surface area contributed by atoms with E-state index in [2.05, 4.69) is 15.3 Å². The molecule has 0 aliphatic carbocycles. The number of alkyl halides is 3. The third-order valence-electron chi connectivity index (χ3n) is 4.61. The third-order valence-corrected chi connectivity index (χ3v) is 4.61. The van der Waals surface area contributed by atoms with Crippen molar-refractivity contribution in [1.82, 2.24) is 4.98 Å². The maximum Gasteiger partial charge on any atom is 0.299 e. The fourth-order valence-electron chi connectivity index (χ4n) is 3.00. The molecule has 2 aromatic rings. The molecule has 6 nitrogen and oxygen atoms in total. The molecule has 0 bridgehead atoms. The second kappa shape index (κ2) is 7.78. The van der Waals surface area contributed by atoms with Crippen molar-refractivity contribution in [3.05, 3.63) is 59.2 Å². The van der Waals surface area contributed by atoms with Crippen LogP contribution >= 0.6 is 0 Å². The second-order valence-corrected chi connectivity index (χ2v) is 6.67. The van der Waals surface area contributed by atoms with Crippen molar-refractivity contribution < 1.29 is 27.1 Å². The summed E-state index contributed by atoms with van der Waals surface area (Å²) in [6, 6.07) is 6.03. The van der Waals surface area contributed by atoms with Crippen LogP contribution in [0.5, 0.6) is 0 Å². The quantitative estimate of drug-likeness (QED) is 0.758. The zero-order chi connectivity index (χ0) is 21.2. The molecule has 0 radical (unpaired) electrons. The van der Waals surface area contributed by atoms with E-state index in [1.807, 2.05) is 0 Å². The van der Waals surface area contributed by atoms with E-state index in [4.69, 9.17) is 10.5 Å². The lowest BCUT2D eigenvalue weighted by Crippen LogP contribution is -2.45. The molecule has 154 valence electrons. The first kappa shape index (κ1) is 20.7. The van der Waals surface area contributed by atoms with Gasteiger partial charge in [0.1, 0.15) is 37.2 Å². The number of hydrogen-bond donors (Lipinski definition) is 2. The van der Waals surface area contributed by atoms with Crippen LogP contribution in [0.25, 0.3) is 0 Å². The van der Waals surface area contributed by atoms with E-state index in [1.165, 1.54) is 24.4 Å². The molecule has 3 N–H and O–H groups in total. The second-order valence-electron chi connectivity index (χ2n) is 6.67. The number of nitrogens with zero attached hydrogens (tertiary/aromatic N) is 2. The minimum atomic E-state index is -3.57. The maximum atomic E-state index is 14.7. The molecular weight excluding hydrogens is 392 g/mol. The number of aliphatic imine (C=N–C) groups is 1. The number of amidine groups is 1. The number of benzene rings is 1. The van der Waals surface area contributed by atoms with Crippen LogP contribution < -0.4 is 11.1 Å². The summed E-state index contributed by atoms with van der Waals surface area (Å²) in [6.07, 6.45) is 1.31. The number of carbonyl (C=O) groups is 1. The van der Waals surface area contributed by atoms with Gasteiger partial charge in [0.15, 0.2) is 5.54 Å². The fraction of sp³-hybridized carbons (Fsp3) is 0.316. The molecule has 1 atom stereocenters. The average molecular weight is 410 g/mol. The van der Waals surface area contributed by atoms with Gasteiger partial charge in [-0.25, -0.2) is 17.6 Å². The maximum absolute atomic E-state index is 14.7. The van der Waals surface area contributed by atoms with Gasteiger partial charge in [0, 0.05) is 23.0 Å². The van der Waals surface area contributed by atoms with Crippen LogP contribution in [-0.4, -0.2) is 35.9 Å². The number of pyridine rings is 1. The van der Waals surface area contributed by atoms with Gasteiger partial charge in [0.05, 0.1) is 0 Å². The van der Waals surface area contributed by atoms with Gasteiger partial charge in [0.25, 0.3) is 11.8 Å². The molecule has 1 aliphatic rings. The van der Waals surface area contributed by atoms with Gasteiger partial charge in [0.2, 0.25) is 0 Å². The molecule has 1 aromatic carbocycles. The fourth-order valence-corrected chi connectivity index (χ4v) is 3.00. The van der Waals surface area contributed by atoms with Crippen LogP contribution in [0.4, 0.5) is 23.2 Å². The molecule has 1 aliphatic heterocycles. The minimum Gasteiger partial charge on any atom is -0.385 e. The molecular formula is C19H18F4N4O2. The highest BCUT2D eigenvalue weighted by Crippen LogP contribution is 2.44. The van der Waals surface area contributed by atoms with Gasteiger partial charge in [-0.1, -0.05) is 6.07 Å². The van der Waals surface area contributed by atoms with Crippen molar-refractivity contribution in [2.75, 3.05) is 18.5 Å². The molecule has 0 saturated carbocycles. The van der Waals surface area contributed by atoms with E-state index in [9.17, 15) is 22.4 Å². The number of nitrogens with one attached hydrogen (secondary N) is 1. The van der Waals surface area contributed by atoms with E-state index in [0.29, 0.717) is 0 Å². The topological polar surface area (TPSA) is 89.6 Å². The lowest BCUT2D eigenvalue weighted by atomic mass is 9.85. The number of carbonyl (C=O) groups excluding carboxylic acids is 1. The standard InChI is InChI=1S/C19H18F4N4O2/c1-18(19(22,23)10-29-9-15(24)27-18)13-7-12(4-5-14(13)21)26-17(28)16-11(8-20)3-2-6-25-16/h2-7H,8-10H2,1H3,(H2,24,27)(H,26,28)/t18-/m1/s1. The summed E-state index contributed by atoms with van der Waals surface area (Å²) in [4.78, 5) is 20.1. The number of rotatable bonds is 4. The van der Waals surface area contributed by atoms with Crippen LogP contribution in [-0.2, 0) is 17.0 Å². The van der Waals surface area contributed by atoms with Gasteiger partial charge in [-0.15, -0.1) is 0 Å². The Kier molecular flexibility index (Phi) is 5.56. The lowest BCUT2D eigenvalue weighted by Gasteiger charge is -2.33. The normalized spacial score (nSPS) is 21.2. The summed E-state index contributed by atoms with van der Waals surface area (Å²) >= 11 is 0. The van der Waals surface area contributed by atoms with Gasteiger partial charge in [-0.3, -0.25) is 14.8 Å². The Bertz CT molecular complexity index is 967. The lowest BCUT2D eigenvalue weighted by molar-refractivity contribution is -0.116. The van der Waals surface area contributed by atoms with Crippen LogP contribution in [0.2, 0.25) is 0 Å². The van der Waals surface area contributed by atoms with Gasteiger partial charge in [-0.2, -0.15) is 0 Å². The number of halogens is 4. The summed E-state index contributed by atoms with van der Waals surface area (Å²) in [5, 5.41) is 2.42. The monoisotopic (exact) mass is 410 g/mol. The van der Waals surface area contributed by atoms with E-state index in [1.54, 1.807) is 0 Å². The number of nitrogens with two attached hydrogens (primary N) is 1. The average Bonchev–Trinajstić information content (AvgIpc) is 2.78. The Labute approximate surface area is 163 Å². The number of ether oxygens (including phenoxy) is 1. The molecule has 1 aromatic heterocycles. The van der Waals surface area contributed by atoms with Gasteiger partial charge < -0.3 is 15.8 Å². The number of amides is 1. The predicted molar refractivity (Wildman–Crippen MR) is 98.1 cm³/mol. The first-order valence-electron chi connectivity index (χ1n) is 8.59. The zero-order valence-corrected chi connectivity index (χ0v) is 15.4. The summed E-state index contributed by atoms with van der Waals surface area (Å²) < 4.78 is 61.8. The smallest absolute Gasteiger partial charge is 0.299 e. The first-order chi connectivity index (χ1) is 13.7. The van der Waals surface area contributed by atoms with Crippen LogP contribution in [0.3, 0.4) is 0 Å². The number of anilines is 1. The SMILES string of the molecule is C[C@]1(c2cc(NC(=O)c3ncccc3CF)ccc2F)N=C(N)COCC1(F)F. The molecule has 0 saturated heterocycles. The molecule has 2 heterocycles. The summed E-state index contributed by atoms with van der Waals surface area (Å²) in [5.74, 6) is -5.49. The van der Waals surface area contributed by atoms with Gasteiger partial charge >= 0.3 is 0 Å². The van der Waals surface area contributed by atoms with Crippen molar-refractivity contribution in [3.63, 3.8) is 0 Å². The third kappa shape index (κ3) is 3.93. The van der Waals surface area contributed by atoms with Crippen LogP contribution in [0.15, 0.2) is 41.5 Å². The highest BCUT2D eigenvalue weighted by molar-refractivity contribution is 6.03. The molecule has 10 heteroatoms. The summed E-state index contributed by atoms with van der Waals surface area (Å²) in [7, 11) is 0.